The molecule has 1 amide bonds. The molecule has 1 unspecified atom stereocenters. The van der Waals surface area contributed by atoms with Crippen LogP contribution in [0.3, 0.4) is 0 Å². The van der Waals surface area contributed by atoms with E-state index in [-0.39, 0.29) is 24.0 Å². The molecule has 0 N–H and O–H groups in total. The number of para-hydroxylation sites is 2. The molecular weight excluding hydrogens is 328 g/mol. The lowest BCUT2D eigenvalue weighted by Crippen LogP contribution is -2.46. The van der Waals surface area contributed by atoms with E-state index in [1.807, 2.05) is 58.0 Å². The summed E-state index contributed by atoms with van der Waals surface area (Å²) in [5.41, 5.74) is 1.60. The largest absolute Gasteiger partial charge is 0.375 e. The Kier molecular flexibility index (Phi) is 4.47. The van der Waals surface area contributed by atoms with E-state index in [0.717, 1.165) is 17.5 Å². The zero-order valence-corrected chi connectivity index (χ0v) is 14.9. The number of carbonyl (C=O) groups excluding carboxylic acids is 1. The Morgan fingerprint density at radius 3 is 2.31 bits per heavy atom. The van der Waals surface area contributed by atoms with Gasteiger partial charge in [-0.3, -0.25) is 9.59 Å². The molecule has 0 bridgehead atoms. The highest BCUT2D eigenvalue weighted by atomic mass is 16.5. The van der Waals surface area contributed by atoms with E-state index in [1.165, 1.54) is 0 Å². The van der Waals surface area contributed by atoms with Crippen molar-refractivity contribution in [2.75, 3.05) is 19.7 Å². The molecule has 1 atom stereocenters. The Balaban J connectivity index is 1.79. The fourth-order valence-corrected chi connectivity index (χ4v) is 3.68. The first-order valence-corrected chi connectivity index (χ1v) is 9.08. The Hall–Kier alpha value is -2.66. The summed E-state index contributed by atoms with van der Waals surface area (Å²) in [6.45, 7) is 4.12. The van der Waals surface area contributed by atoms with Gasteiger partial charge in [0.25, 0.3) is 0 Å². The third kappa shape index (κ3) is 2.88. The Morgan fingerprint density at radius 2 is 1.69 bits per heavy atom. The third-order valence-electron chi connectivity index (χ3n) is 5.12. The predicted molar refractivity (Wildman–Crippen MR) is 102 cm³/mol. The van der Waals surface area contributed by atoms with Crippen molar-refractivity contribution in [1.29, 1.82) is 0 Å². The number of hydrogen-bond acceptors (Lipinski definition) is 3. The lowest BCUT2D eigenvalue weighted by atomic mass is 10.1. The SMILES string of the molecule is CCC1CN(C(=O)Cn2c3ccccc3c(=O)c3ccccc32)CCO1. The molecule has 1 saturated heterocycles. The average Bonchev–Trinajstić information content (AvgIpc) is 2.71. The van der Waals surface area contributed by atoms with E-state index in [4.69, 9.17) is 4.74 Å². The summed E-state index contributed by atoms with van der Waals surface area (Å²) in [4.78, 5) is 27.6. The maximum absolute atomic E-state index is 13.0. The maximum atomic E-state index is 13.0. The van der Waals surface area contributed by atoms with Crippen LogP contribution >= 0.6 is 0 Å². The molecule has 5 heteroatoms. The van der Waals surface area contributed by atoms with Gasteiger partial charge in [-0.05, 0) is 30.7 Å². The lowest BCUT2D eigenvalue weighted by molar-refractivity contribution is -0.139. The second-order valence-electron chi connectivity index (χ2n) is 6.69. The van der Waals surface area contributed by atoms with Gasteiger partial charge in [0.1, 0.15) is 6.54 Å². The van der Waals surface area contributed by atoms with Crippen LogP contribution in [0.25, 0.3) is 21.8 Å². The van der Waals surface area contributed by atoms with Gasteiger partial charge in [-0.2, -0.15) is 0 Å². The Bertz CT molecular complexity index is 965. The molecule has 0 radical (unpaired) electrons. The molecule has 0 saturated carbocycles. The molecule has 2 aromatic carbocycles. The summed E-state index contributed by atoms with van der Waals surface area (Å²) < 4.78 is 7.64. The molecule has 134 valence electrons. The van der Waals surface area contributed by atoms with Crippen LogP contribution in [-0.2, 0) is 16.1 Å². The number of ether oxygens (including phenoxy) is 1. The van der Waals surface area contributed by atoms with Gasteiger partial charge < -0.3 is 14.2 Å². The minimum absolute atomic E-state index is 0.0114. The van der Waals surface area contributed by atoms with E-state index >= 15 is 0 Å². The van der Waals surface area contributed by atoms with Crippen LogP contribution < -0.4 is 5.43 Å². The number of pyridine rings is 1. The Labute approximate surface area is 151 Å². The fourth-order valence-electron chi connectivity index (χ4n) is 3.68. The van der Waals surface area contributed by atoms with Crippen molar-refractivity contribution in [2.24, 2.45) is 0 Å². The number of rotatable bonds is 3. The van der Waals surface area contributed by atoms with Crippen molar-refractivity contribution in [3.05, 3.63) is 58.8 Å². The predicted octanol–water partition coefficient (Wildman–Crippen LogP) is 2.79. The third-order valence-corrected chi connectivity index (χ3v) is 5.12. The Morgan fingerprint density at radius 1 is 1.08 bits per heavy atom. The summed E-state index contributed by atoms with van der Waals surface area (Å²) >= 11 is 0. The summed E-state index contributed by atoms with van der Waals surface area (Å²) in [6.07, 6.45) is 1.00. The second-order valence-corrected chi connectivity index (χ2v) is 6.69. The molecule has 1 aliphatic heterocycles. The molecule has 4 rings (SSSR count). The molecule has 2 heterocycles. The highest BCUT2D eigenvalue weighted by molar-refractivity contribution is 5.94. The highest BCUT2D eigenvalue weighted by Gasteiger charge is 2.24. The van der Waals surface area contributed by atoms with Gasteiger partial charge >= 0.3 is 0 Å². The molecule has 1 aliphatic rings. The van der Waals surface area contributed by atoms with Gasteiger partial charge in [-0.25, -0.2) is 0 Å². The molecule has 1 aromatic heterocycles. The van der Waals surface area contributed by atoms with E-state index in [0.29, 0.717) is 30.5 Å². The number of carbonyl (C=O) groups is 1. The van der Waals surface area contributed by atoms with Crippen molar-refractivity contribution < 1.29 is 9.53 Å². The number of hydrogen-bond donors (Lipinski definition) is 0. The van der Waals surface area contributed by atoms with E-state index < -0.39 is 0 Å². The van der Waals surface area contributed by atoms with E-state index in [1.54, 1.807) is 0 Å². The number of amides is 1. The molecule has 3 aromatic rings. The standard InChI is InChI=1S/C21H22N2O3/c1-2-15-13-22(11-12-26-15)20(24)14-23-18-9-5-3-7-16(18)21(25)17-8-4-6-10-19(17)23/h3-10,15H,2,11-14H2,1H3. The minimum atomic E-state index is 0.0114. The monoisotopic (exact) mass is 350 g/mol. The lowest BCUT2D eigenvalue weighted by Gasteiger charge is -2.33. The van der Waals surface area contributed by atoms with Crippen LogP contribution in [0.15, 0.2) is 53.3 Å². The van der Waals surface area contributed by atoms with Crippen LogP contribution in [0.1, 0.15) is 13.3 Å². The summed E-state index contributed by atoms with van der Waals surface area (Å²) in [7, 11) is 0. The van der Waals surface area contributed by atoms with Crippen molar-refractivity contribution in [3.8, 4) is 0 Å². The van der Waals surface area contributed by atoms with Crippen LogP contribution in [0, 0.1) is 0 Å². The first-order valence-electron chi connectivity index (χ1n) is 9.08. The number of nitrogens with zero attached hydrogens (tertiary/aromatic N) is 2. The van der Waals surface area contributed by atoms with E-state index in [9.17, 15) is 9.59 Å². The first-order chi connectivity index (χ1) is 12.7. The number of benzene rings is 2. The van der Waals surface area contributed by atoms with Crippen LogP contribution in [-0.4, -0.2) is 41.2 Å². The minimum Gasteiger partial charge on any atom is -0.375 e. The second kappa shape index (κ2) is 6.92. The summed E-state index contributed by atoms with van der Waals surface area (Å²) in [6, 6.07) is 15.0. The van der Waals surface area contributed by atoms with Crippen molar-refractivity contribution in [2.45, 2.75) is 26.0 Å². The quantitative estimate of drug-likeness (QED) is 0.683. The number of morpholine rings is 1. The number of fused-ring (bicyclic) bond motifs is 2. The first kappa shape index (κ1) is 16.8. The van der Waals surface area contributed by atoms with Gasteiger partial charge in [0, 0.05) is 23.9 Å². The zero-order chi connectivity index (χ0) is 18.1. The molecule has 0 aliphatic carbocycles. The maximum Gasteiger partial charge on any atom is 0.242 e. The van der Waals surface area contributed by atoms with E-state index in [2.05, 4.69) is 6.92 Å². The molecule has 5 nitrogen and oxygen atoms in total. The van der Waals surface area contributed by atoms with Crippen molar-refractivity contribution >= 4 is 27.7 Å². The van der Waals surface area contributed by atoms with Gasteiger partial charge in [0.05, 0.1) is 23.7 Å². The highest BCUT2D eigenvalue weighted by Crippen LogP contribution is 2.20. The number of aromatic nitrogens is 1. The normalized spacial score (nSPS) is 17.7. The van der Waals surface area contributed by atoms with Gasteiger partial charge in [0.15, 0.2) is 5.43 Å². The molecule has 26 heavy (non-hydrogen) atoms. The summed E-state index contributed by atoms with van der Waals surface area (Å²) in [5, 5.41) is 1.29. The van der Waals surface area contributed by atoms with Crippen LogP contribution in [0.5, 0.6) is 0 Å². The average molecular weight is 350 g/mol. The van der Waals surface area contributed by atoms with Crippen molar-refractivity contribution in [1.82, 2.24) is 9.47 Å². The molecule has 0 spiro atoms. The van der Waals surface area contributed by atoms with Gasteiger partial charge in [0.2, 0.25) is 5.91 Å². The molecular formula is C21H22N2O3. The zero-order valence-electron chi connectivity index (χ0n) is 14.9. The van der Waals surface area contributed by atoms with Crippen molar-refractivity contribution in [3.63, 3.8) is 0 Å². The summed E-state index contributed by atoms with van der Waals surface area (Å²) in [5.74, 6) is 0.0608. The topological polar surface area (TPSA) is 51.5 Å². The van der Waals surface area contributed by atoms with Crippen LogP contribution in [0.4, 0.5) is 0 Å². The smallest absolute Gasteiger partial charge is 0.242 e. The molecule has 1 fully saturated rings. The van der Waals surface area contributed by atoms with Gasteiger partial charge in [-0.15, -0.1) is 0 Å². The van der Waals surface area contributed by atoms with Gasteiger partial charge in [-0.1, -0.05) is 31.2 Å². The fraction of sp³-hybridized carbons (Fsp3) is 0.333. The van der Waals surface area contributed by atoms with Crippen LogP contribution in [0.2, 0.25) is 0 Å².